The van der Waals surface area contributed by atoms with E-state index in [9.17, 15) is 19.0 Å². The van der Waals surface area contributed by atoms with Crippen LogP contribution in [0.25, 0.3) is 0 Å². The van der Waals surface area contributed by atoms with Crippen molar-refractivity contribution >= 4 is 19.8 Å². The van der Waals surface area contributed by atoms with E-state index in [4.69, 9.17) is 24.3 Å². The first kappa shape index (κ1) is 71.9. The van der Waals surface area contributed by atoms with Crippen molar-refractivity contribution < 1.29 is 37.6 Å². The number of hydrogen-bond acceptors (Lipinski definition) is 8. The molecule has 0 rings (SSSR count). The van der Waals surface area contributed by atoms with E-state index in [1.807, 2.05) is 0 Å². The molecule has 0 bridgehead atoms. The Balaban J connectivity index is 3.86. The van der Waals surface area contributed by atoms with E-state index >= 15 is 0 Å². The fourth-order valence-corrected chi connectivity index (χ4v) is 9.20. The van der Waals surface area contributed by atoms with Crippen LogP contribution in [0.15, 0.2) is 97.2 Å². The van der Waals surface area contributed by atoms with Gasteiger partial charge < -0.3 is 20.1 Å². The second kappa shape index (κ2) is 60.2. The molecule has 0 radical (unpaired) electrons. The van der Waals surface area contributed by atoms with E-state index in [0.29, 0.717) is 6.42 Å². The lowest BCUT2D eigenvalue weighted by Gasteiger charge is -2.19. The van der Waals surface area contributed by atoms with Crippen LogP contribution >= 0.6 is 7.82 Å². The van der Waals surface area contributed by atoms with Crippen LogP contribution in [-0.4, -0.2) is 49.3 Å². The van der Waals surface area contributed by atoms with Gasteiger partial charge in [-0.2, -0.15) is 0 Å². The van der Waals surface area contributed by atoms with Crippen LogP contribution in [0, 0.1) is 0 Å². The molecule has 10 heteroatoms. The molecule has 0 aliphatic heterocycles. The zero-order chi connectivity index (χ0) is 54.5. The first-order chi connectivity index (χ1) is 36.8. The van der Waals surface area contributed by atoms with Gasteiger partial charge in [-0.1, -0.05) is 259 Å². The molecule has 0 aromatic carbocycles. The number of phosphoric ester groups is 1. The second-order valence-electron chi connectivity index (χ2n) is 20.2. The topological polar surface area (TPSA) is 134 Å². The fraction of sp³-hybridized carbons (Fsp3) is 0.723. The van der Waals surface area contributed by atoms with Gasteiger partial charge in [0.1, 0.15) is 6.61 Å². The van der Waals surface area contributed by atoms with Gasteiger partial charge >= 0.3 is 19.8 Å². The summed E-state index contributed by atoms with van der Waals surface area (Å²) in [4.78, 5) is 35.1. The van der Waals surface area contributed by atoms with E-state index in [-0.39, 0.29) is 38.6 Å². The number of hydrogen-bond donors (Lipinski definition) is 2. The number of unbranched alkanes of at least 4 members (excludes halogenated alkanes) is 28. The number of allylic oxidation sites excluding steroid dienone is 16. The van der Waals surface area contributed by atoms with Gasteiger partial charge in [0.25, 0.3) is 0 Å². The van der Waals surface area contributed by atoms with Gasteiger partial charge in [-0.15, -0.1) is 0 Å². The van der Waals surface area contributed by atoms with Gasteiger partial charge in [-0.25, -0.2) is 4.57 Å². The molecule has 0 heterocycles. The highest BCUT2D eigenvalue weighted by atomic mass is 31.2. The van der Waals surface area contributed by atoms with Crippen molar-refractivity contribution in [3.05, 3.63) is 97.2 Å². The van der Waals surface area contributed by atoms with Gasteiger partial charge in [0.2, 0.25) is 0 Å². The molecule has 2 atom stereocenters. The molecule has 432 valence electrons. The summed E-state index contributed by atoms with van der Waals surface area (Å²) in [5.41, 5.74) is 5.38. The normalized spacial score (nSPS) is 13.7. The Morgan fingerprint density at radius 1 is 0.413 bits per heavy atom. The molecule has 0 aromatic heterocycles. The van der Waals surface area contributed by atoms with Crippen LogP contribution in [0.4, 0.5) is 0 Å². The highest BCUT2D eigenvalue weighted by Gasteiger charge is 2.26. The maximum atomic E-state index is 12.7. The molecule has 0 aliphatic rings. The Morgan fingerprint density at radius 3 is 1.11 bits per heavy atom. The van der Waals surface area contributed by atoms with Gasteiger partial charge in [0.15, 0.2) is 6.10 Å². The Kier molecular flexibility index (Phi) is 57.7. The summed E-state index contributed by atoms with van der Waals surface area (Å²) in [5.74, 6) is -0.833. The fourth-order valence-electron chi connectivity index (χ4n) is 8.44. The van der Waals surface area contributed by atoms with Crippen molar-refractivity contribution in [1.82, 2.24) is 0 Å². The Bertz CT molecular complexity index is 1550. The third kappa shape index (κ3) is 60.0. The number of carbonyl (C=O) groups excluding carboxylic acids is 2. The van der Waals surface area contributed by atoms with Gasteiger partial charge in [0, 0.05) is 19.4 Å². The standard InChI is InChI=1S/C65H114NO8P/c1-3-5-7-9-11-13-15-17-19-20-21-22-23-24-25-26-27-28-29-30-31-32-33-34-35-36-37-38-39-40-41-42-44-46-48-50-52-54-56-58-65(68)74-63(62-73-75(69,70)72-60-59-66)61-71-64(67)57-55-53-51-49-47-45-43-18-16-14-12-10-8-6-4-2/h5,7,11,13,17-19,21-22,24-25,27-28,30-31,43,63H,3-4,6,8-10,12,14-16,20,23,26,29,32-42,44-62,66H2,1-2H3,(H,69,70)/b7-5-,13-11-,19-17-,22-21-,25-24-,28-27-,31-30-,43-18-. The maximum absolute atomic E-state index is 12.7. The predicted octanol–water partition coefficient (Wildman–Crippen LogP) is 19.6. The number of ether oxygens (including phenoxy) is 2. The van der Waals surface area contributed by atoms with Gasteiger partial charge in [-0.05, 0) is 96.3 Å². The zero-order valence-corrected chi connectivity index (χ0v) is 49.2. The molecule has 3 N–H and O–H groups in total. The van der Waals surface area contributed by atoms with Crippen molar-refractivity contribution in [2.45, 2.75) is 277 Å². The maximum Gasteiger partial charge on any atom is 0.472 e. The number of esters is 2. The third-order valence-corrected chi connectivity index (χ3v) is 13.9. The Labute approximate surface area is 461 Å². The third-order valence-electron chi connectivity index (χ3n) is 13.0. The quantitative estimate of drug-likeness (QED) is 0.0264. The average molecular weight is 1070 g/mol. The van der Waals surface area contributed by atoms with Crippen LogP contribution in [0.5, 0.6) is 0 Å². The summed E-state index contributed by atoms with van der Waals surface area (Å²) in [7, 11) is -4.39. The van der Waals surface area contributed by atoms with Crippen LogP contribution in [0.1, 0.15) is 271 Å². The van der Waals surface area contributed by atoms with Crippen LogP contribution in [0.2, 0.25) is 0 Å². The van der Waals surface area contributed by atoms with Gasteiger partial charge in [0.05, 0.1) is 13.2 Å². The smallest absolute Gasteiger partial charge is 0.462 e. The lowest BCUT2D eigenvalue weighted by Crippen LogP contribution is -2.29. The SMILES string of the molecule is CC/C=C\C/C=C\C/C=C\C/C=C\C/C=C\C/C=C\C/C=C\CCCCCCCCCCCCCCCCCCCC(=O)OC(COC(=O)CCCCCCC/C=C\CCCCCCCC)COP(=O)(O)OCCN. The molecule has 0 aliphatic carbocycles. The molecule has 0 saturated carbocycles. The van der Waals surface area contributed by atoms with E-state index < -0.39 is 26.5 Å². The molecule has 0 amide bonds. The van der Waals surface area contributed by atoms with Crippen molar-refractivity contribution in [1.29, 1.82) is 0 Å². The largest absolute Gasteiger partial charge is 0.472 e. The molecule has 0 fully saturated rings. The molecule has 0 spiro atoms. The van der Waals surface area contributed by atoms with Crippen molar-refractivity contribution in [3.63, 3.8) is 0 Å². The molecule has 9 nitrogen and oxygen atoms in total. The molecule has 2 unspecified atom stereocenters. The lowest BCUT2D eigenvalue weighted by molar-refractivity contribution is -0.161. The zero-order valence-electron chi connectivity index (χ0n) is 48.3. The minimum Gasteiger partial charge on any atom is -0.462 e. The minimum absolute atomic E-state index is 0.0506. The first-order valence-electron chi connectivity index (χ1n) is 30.7. The monoisotopic (exact) mass is 1070 g/mol. The van der Waals surface area contributed by atoms with E-state index in [2.05, 4.69) is 111 Å². The molecular formula is C65H114NO8P. The van der Waals surface area contributed by atoms with Crippen LogP contribution in [-0.2, 0) is 32.7 Å². The van der Waals surface area contributed by atoms with E-state index in [0.717, 1.165) is 103 Å². The Morgan fingerprint density at radius 2 is 0.733 bits per heavy atom. The minimum atomic E-state index is -4.39. The molecule has 0 saturated heterocycles. The summed E-state index contributed by atoms with van der Waals surface area (Å²) in [6, 6.07) is 0. The van der Waals surface area contributed by atoms with Crippen LogP contribution in [0.3, 0.4) is 0 Å². The molecular weight excluding hydrogens is 954 g/mol. The van der Waals surface area contributed by atoms with Gasteiger partial charge in [-0.3, -0.25) is 18.6 Å². The second-order valence-corrected chi connectivity index (χ2v) is 21.6. The average Bonchev–Trinajstić information content (AvgIpc) is 3.40. The van der Waals surface area contributed by atoms with E-state index in [1.165, 1.54) is 135 Å². The highest BCUT2D eigenvalue weighted by Crippen LogP contribution is 2.43. The number of phosphoric acid groups is 1. The van der Waals surface area contributed by atoms with Crippen LogP contribution < -0.4 is 5.73 Å². The lowest BCUT2D eigenvalue weighted by atomic mass is 10.0. The molecule has 75 heavy (non-hydrogen) atoms. The summed E-state index contributed by atoms with van der Waals surface area (Å²) in [5, 5.41) is 0. The Hall–Kier alpha value is -3.07. The summed E-state index contributed by atoms with van der Waals surface area (Å²) >= 11 is 0. The van der Waals surface area contributed by atoms with Crippen molar-refractivity contribution in [2.24, 2.45) is 5.73 Å². The predicted molar refractivity (Wildman–Crippen MR) is 321 cm³/mol. The van der Waals surface area contributed by atoms with Crippen molar-refractivity contribution in [2.75, 3.05) is 26.4 Å². The number of rotatable bonds is 57. The highest BCUT2D eigenvalue weighted by molar-refractivity contribution is 7.47. The molecule has 0 aromatic rings. The first-order valence-corrected chi connectivity index (χ1v) is 32.2. The van der Waals surface area contributed by atoms with Crippen molar-refractivity contribution in [3.8, 4) is 0 Å². The number of nitrogens with two attached hydrogens (primary N) is 1. The summed E-state index contributed by atoms with van der Waals surface area (Å²) in [6.45, 7) is 3.63. The number of carbonyl (C=O) groups is 2. The summed E-state index contributed by atoms with van der Waals surface area (Å²) in [6.07, 6.45) is 80.5. The summed E-state index contributed by atoms with van der Waals surface area (Å²) < 4.78 is 33.0. The van der Waals surface area contributed by atoms with E-state index in [1.54, 1.807) is 0 Å².